The van der Waals surface area contributed by atoms with Crippen LogP contribution in [0.15, 0.2) is 42.5 Å². The maximum Gasteiger partial charge on any atom is 0.144 e. The minimum Gasteiger partial charge on any atom is -0.489 e. The van der Waals surface area contributed by atoms with E-state index in [1.165, 1.54) is 6.07 Å². The first kappa shape index (κ1) is 11.7. The highest BCUT2D eigenvalue weighted by Gasteiger charge is 2.05. The van der Waals surface area contributed by atoms with Crippen molar-refractivity contribution in [3.8, 4) is 5.75 Å². The van der Waals surface area contributed by atoms with Gasteiger partial charge >= 0.3 is 0 Å². The van der Waals surface area contributed by atoms with Gasteiger partial charge in [0.1, 0.15) is 26.0 Å². The second-order valence-corrected chi connectivity index (χ2v) is 4.10. The Bertz CT molecular complexity index is 505. The second-order valence-electron chi connectivity index (χ2n) is 4.10. The first-order valence-corrected chi connectivity index (χ1v) is 5.61. The molecule has 0 heterocycles. The summed E-state index contributed by atoms with van der Waals surface area (Å²) in [6.45, 7) is 2.25. The second kappa shape index (κ2) is 5.04. The SMILES string of the molecule is Bc1cccc(C)c1OCc1ccccc1F. The average Bonchev–Trinajstić information content (AvgIpc) is 2.30. The molecule has 0 radical (unpaired) electrons. The van der Waals surface area contributed by atoms with Gasteiger partial charge in [-0.05, 0) is 24.0 Å². The summed E-state index contributed by atoms with van der Waals surface area (Å²) in [7, 11) is 1.99. The lowest BCUT2D eigenvalue weighted by Gasteiger charge is -2.12. The molecule has 0 atom stereocenters. The van der Waals surface area contributed by atoms with E-state index in [4.69, 9.17) is 4.74 Å². The van der Waals surface area contributed by atoms with E-state index >= 15 is 0 Å². The van der Waals surface area contributed by atoms with Gasteiger partial charge in [-0.3, -0.25) is 0 Å². The molecule has 17 heavy (non-hydrogen) atoms. The Morgan fingerprint density at radius 3 is 2.59 bits per heavy atom. The Morgan fingerprint density at radius 2 is 1.88 bits per heavy atom. The van der Waals surface area contributed by atoms with Crippen LogP contribution in [0.25, 0.3) is 0 Å². The van der Waals surface area contributed by atoms with Crippen molar-refractivity contribution >= 4 is 13.3 Å². The molecule has 3 heteroatoms. The molecule has 86 valence electrons. The van der Waals surface area contributed by atoms with Crippen LogP contribution in [0.2, 0.25) is 0 Å². The molecule has 2 rings (SSSR count). The van der Waals surface area contributed by atoms with Crippen molar-refractivity contribution in [3.63, 3.8) is 0 Å². The van der Waals surface area contributed by atoms with Crippen LogP contribution >= 0.6 is 0 Å². The quantitative estimate of drug-likeness (QED) is 0.730. The van der Waals surface area contributed by atoms with Crippen LogP contribution in [0.1, 0.15) is 11.1 Å². The maximum atomic E-state index is 13.4. The molecule has 0 saturated carbocycles. The number of rotatable bonds is 3. The van der Waals surface area contributed by atoms with Crippen LogP contribution in [-0.2, 0) is 6.61 Å². The third-order valence-electron chi connectivity index (χ3n) is 2.74. The lowest BCUT2D eigenvalue weighted by Crippen LogP contribution is -2.11. The molecule has 0 fully saturated rings. The molecular formula is C14H14BFO. The van der Waals surface area contributed by atoms with Crippen molar-refractivity contribution in [1.82, 2.24) is 0 Å². The summed E-state index contributed by atoms with van der Waals surface area (Å²) in [5.74, 6) is 0.620. The zero-order valence-corrected chi connectivity index (χ0v) is 10.0. The van der Waals surface area contributed by atoms with E-state index in [2.05, 4.69) is 0 Å². The Kier molecular flexibility index (Phi) is 3.47. The number of para-hydroxylation sites is 1. The van der Waals surface area contributed by atoms with Gasteiger partial charge in [-0.15, -0.1) is 0 Å². The van der Waals surface area contributed by atoms with Gasteiger partial charge in [0, 0.05) is 5.56 Å². The van der Waals surface area contributed by atoms with Crippen LogP contribution in [-0.4, -0.2) is 7.85 Å². The number of hydrogen-bond donors (Lipinski definition) is 0. The van der Waals surface area contributed by atoms with Crippen LogP contribution < -0.4 is 10.2 Å². The van der Waals surface area contributed by atoms with E-state index in [1.807, 2.05) is 39.0 Å². The van der Waals surface area contributed by atoms with Crippen LogP contribution in [0.5, 0.6) is 5.75 Å². The summed E-state index contributed by atoms with van der Waals surface area (Å²) in [4.78, 5) is 0. The fourth-order valence-electron chi connectivity index (χ4n) is 1.79. The van der Waals surface area contributed by atoms with Gasteiger partial charge in [0.2, 0.25) is 0 Å². The molecule has 0 aliphatic carbocycles. The molecule has 0 aromatic heterocycles. The summed E-state index contributed by atoms with van der Waals surface area (Å²) in [6.07, 6.45) is 0. The Balaban J connectivity index is 2.16. The van der Waals surface area contributed by atoms with Gasteiger partial charge < -0.3 is 4.74 Å². The van der Waals surface area contributed by atoms with Crippen LogP contribution in [0.3, 0.4) is 0 Å². The Morgan fingerprint density at radius 1 is 1.12 bits per heavy atom. The van der Waals surface area contributed by atoms with Crippen molar-refractivity contribution in [1.29, 1.82) is 0 Å². The van der Waals surface area contributed by atoms with Crippen LogP contribution in [0.4, 0.5) is 4.39 Å². The smallest absolute Gasteiger partial charge is 0.144 e. The maximum absolute atomic E-state index is 13.4. The fraction of sp³-hybridized carbons (Fsp3) is 0.143. The minimum atomic E-state index is -0.223. The third-order valence-corrected chi connectivity index (χ3v) is 2.74. The average molecular weight is 228 g/mol. The van der Waals surface area contributed by atoms with Crippen molar-refractivity contribution < 1.29 is 9.13 Å². The zero-order chi connectivity index (χ0) is 12.3. The van der Waals surface area contributed by atoms with E-state index in [-0.39, 0.29) is 12.4 Å². The zero-order valence-electron chi connectivity index (χ0n) is 10.0. The number of ether oxygens (including phenoxy) is 1. The van der Waals surface area contributed by atoms with E-state index in [0.29, 0.717) is 5.56 Å². The highest BCUT2D eigenvalue weighted by molar-refractivity contribution is 6.34. The molecule has 0 saturated heterocycles. The van der Waals surface area contributed by atoms with Crippen LogP contribution in [0, 0.1) is 12.7 Å². The molecule has 1 nitrogen and oxygen atoms in total. The predicted molar refractivity (Wildman–Crippen MR) is 70.1 cm³/mol. The lowest BCUT2D eigenvalue weighted by molar-refractivity contribution is 0.300. The molecular weight excluding hydrogens is 214 g/mol. The lowest BCUT2D eigenvalue weighted by atomic mass is 9.93. The minimum absolute atomic E-state index is 0.223. The van der Waals surface area contributed by atoms with Crippen molar-refractivity contribution in [2.24, 2.45) is 0 Å². The monoisotopic (exact) mass is 228 g/mol. The topological polar surface area (TPSA) is 9.23 Å². The molecule has 0 spiro atoms. The predicted octanol–water partition coefficient (Wildman–Crippen LogP) is 1.97. The molecule has 0 aliphatic heterocycles. The summed E-state index contributed by atoms with van der Waals surface area (Å²) in [6, 6.07) is 12.6. The molecule has 2 aromatic carbocycles. The first-order chi connectivity index (χ1) is 8.18. The molecule has 0 unspecified atom stereocenters. The first-order valence-electron chi connectivity index (χ1n) is 5.61. The summed E-state index contributed by atoms with van der Waals surface area (Å²) in [5.41, 5.74) is 2.72. The van der Waals surface area contributed by atoms with Gasteiger partial charge in [-0.1, -0.05) is 36.4 Å². The fourth-order valence-corrected chi connectivity index (χ4v) is 1.79. The van der Waals surface area contributed by atoms with Gasteiger partial charge in [0.25, 0.3) is 0 Å². The van der Waals surface area contributed by atoms with E-state index in [1.54, 1.807) is 12.1 Å². The largest absolute Gasteiger partial charge is 0.489 e. The van der Waals surface area contributed by atoms with Gasteiger partial charge in [0.15, 0.2) is 0 Å². The molecule has 2 aromatic rings. The van der Waals surface area contributed by atoms with E-state index in [0.717, 1.165) is 16.8 Å². The van der Waals surface area contributed by atoms with Crippen molar-refractivity contribution in [2.45, 2.75) is 13.5 Å². The summed E-state index contributed by atoms with van der Waals surface area (Å²) in [5, 5.41) is 0. The van der Waals surface area contributed by atoms with Crippen molar-refractivity contribution in [3.05, 3.63) is 59.4 Å². The third kappa shape index (κ3) is 2.67. The number of hydrogen-bond acceptors (Lipinski definition) is 1. The van der Waals surface area contributed by atoms with Gasteiger partial charge in [0.05, 0.1) is 0 Å². The molecule has 0 N–H and O–H groups in total. The Labute approximate surface area is 102 Å². The normalized spacial score (nSPS) is 10.2. The standard InChI is InChI=1S/C14H14BFO/c1-10-5-4-7-12(15)14(10)17-9-11-6-2-3-8-13(11)16/h2-8H,9,15H2,1H3. The molecule has 0 bridgehead atoms. The highest BCUT2D eigenvalue weighted by atomic mass is 19.1. The summed E-state index contributed by atoms with van der Waals surface area (Å²) >= 11 is 0. The highest BCUT2D eigenvalue weighted by Crippen LogP contribution is 2.16. The van der Waals surface area contributed by atoms with Gasteiger partial charge in [-0.2, -0.15) is 0 Å². The summed E-state index contributed by atoms with van der Waals surface area (Å²) < 4.78 is 19.1. The number of benzene rings is 2. The van der Waals surface area contributed by atoms with Gasteiger partial charge in [-0.25, -0.2) is 4.39 Å². The number of halogens is 1. The molecule has 0 amide bonds. The van der Waals surface area contributed by atoms with E-state index in [9.17, 15) is 4.39 Å². The molecule has 0 aliphatic rings. The number of aryl methyl sites for hydroxylation is 1. The van der Waals surface area contributed by atoms with Crippen molar-refractivity contribution in [2.75, 3.05) is 0 Å². The van der Waals surface area contributed by atoms with E-state index < -0.39 is 0 Å². The Hall–Kier alpha value is -1.77.